The standard InChI is InChI=1S/C24H22Cl2F6N2O4S/c1-2-11-34-12-4-3-8-18(34)21(33-22(35)15-6-5-7-16(20(15)26)23(27,28)29)14-9-10-17(25)19(13-14)38-39(36,37)24(30,31)32/h2,5-7,9-10,13,18,21H,1,3-4,8,11-12H2,(H,33,35)/t18?,21-/m0/s1. The molecule has 0 aliphatic carbocycles. The summed E-state index contributed by atoms with van der Waals surface area (Å²) in [7, 11) is -6.07. The lowest BCUT2D eigenvalue weighted by Gasteiger charge is -2.40. The highest BCUT2D eigenvalue weighted by molar-refractivity contribution is 7.88. The Morgan fingerprint density at radius 1 is 1.15 bits per heavy atom. The molecule has 1 N–H and O–H groups in total. The zero-order valence-electron chi connectivity index (χ0n) is 20.0. The van der Waals surface area contributed by atoms with E-state index in [1.165, 1.54) is 6.07 Å². The van der Waals surface area contributed by atoms with Crippen molar-refractivity contribution in [3.8, 4) is 5.75 Å². The van der Waals surface area contributed by atoms with Crippen LogP contribution in [0, 0.1) is 0 Å². The topological polar surface area (TPSA) is 75.7 Å². The molecule has 39 heavy (non-hydrogen) atoms. The van der Waals surface area contributed by atoms with Gasteiger partial charge in [-0.25, -0.2) is 0 Å². The Balaban J connectivity index is 2.08. The van der Waals surface area contributed by atoms with Crippen molar-refractivity contribution in [3.63, 3.8) is 0 Å². The predicted octanol–water partition coefficient (Wildman–Crippen LogP) is 6.75. The average Bonchev–Trinajstić information content (AvgIpc) is 2.83. The van der Waals surface area contributed by atoms with Crippen LogP contribution in [0.5, 0.6) is 5.75 Å². The second-order valence-electron chi connectivity index (χ2n) is 8.64. The zero-order chi connectivity index (χ0) is 29.2. The summed E-state index contributed by atoms with van der Waals surface area (Å²) in [5.74, 6) is -1.82. The number of hydrogen-bond acceptors (Lipinski definition) is 5. The van der Waals surface area contributed by atoms with Gasteiger partial charge in [0.15, 0.2) is 5.75 Å². The van der Waals surface area contributed by atoms with E-state index in [4.69, 9.17) is 23.2 Å². The first kappa shape index (κ1) is 31.1. The van der Waals surface area contributed by atoms with Crippen LogP contribution in [0.2, 0.25) is 10.0 Å². The Kier molecular flexibility index (Phi) is 9.51. The molecule has 0 spiro atoms. The number of nitrogens with zero attached hydrogens (tertiary/aromatic N) is 1. The highest BCUT2D eigenvalue weighted by Gasteiger charge is 2.49. The van der Waals surface area contributed by atoms with E-state index >= 15 is 0 Å². The number of alkyl halides is 6. The number of carbonyl (C=O) groups is 1. The van der Waals surface area contributed by atoms with Crippen molar-refractivity contribution >= 4 is 39.2 Å². The Labute approximate surface area is 230 Å². The number of amides is 1. The second kappa shape index (κ2) is 11.9. The van der Waals surface area contributed by atoms with Gasteiger partial charge in [0.2, 0.25) is 0 Å². The number of rotatable bonds is 8. The second-order valence-corrected chi connectivity index (χ2v) is 11.0. The van der Waals surface area contributed by atoms with Crippen molar-refractivity contribution in [2.75, 3.05) is 13.1 Å². The number of piperidine rings is 1. The average molecular weight is 619 g/mol. The van der Waals surface area contributed by atoms with Gasteiger partial charge in [0.1, 0.15) is 0 Å². The van der Waals surface area contributed by atoms with E-state index in [2.05, 4.69) is 16.1 Å². The van der Waals surface area contributed by atoms with Gasteiger partial charge in [-0.05, 0) is 49.2 Å². The van der Waals surface area contributed by atoms with Crippen molar-refractivity contribution in [2.45, 2.75) is 43.0 Å². The summed E-state index contributed by atoms with van der Waals surface area (Å²) >= 11 is 11.8. The molecular formula is C24H22Cl2F6N2O4S. The van der Waals surface area contributed by atoms with Crippen LogP contribution in [0.3, 0.4) is 0 Å². The monoisotopic (exact) mass is 618 g/mol. The van der Waals surface area contributed by atoms with Gasteiger partial charge in [0.05, 0.1) is 27.2 Å². The molecule has 0 bridgehead atoms. The first-order valence-corrected chi connectivity index (χ1v) is 13.5. The van der Waals surface area contributed by atoms with E-state index in [0.29, 0.717) is 32.0 Å². The van der Waals surface area contributed by atoms with E-state index in [9.17, 15) is 39.6 Å². The number of hydrogen-bond donors (Lipinski definition) is 1. The van der Waals surface area contributed by atoms with Gasteiger partial charge in [-0.15, -0.1) is 6.58 Å². The Morgan fingerprint density at radius 2 is 1.85 bits per heavy atom. The summed E-state index contributed by atoms with van der Waals surface area (Å²) in [4.78, 5) is 15.2. The summed E-state index contributed by atoms with van der Waals surface area (Å²) in [6, 6.07) is 4.65. The molecule has 0 radical (unpaired) electrons. The summed E-state index contributed by atoms with van der Waals surface area (Å²) in [5.41, 5.74) is -7.33. The third kappa shape index (κ3) is 7.19. The smallest absolute Gasteiger partial charge is 0.374 e. The summed E-state index contributed by atoms with van der Waals surface area (Å²) in [6.07, 6.45) is -1.25. The molecule has 1 heterocycles. The largest absolute Gasteiger partial charge is 0.534 e. The molecule has 1 aliphatic heterocycles. The van der Waals surface area contributed by atoms with Crippen LogP contribution in [-0.4, -0.2) is 43.9 Å². The molecule has 2 aromatic rings. The highest BCUT2D eigenvalue weighted by Crippen LogP contribution is 2.38. The molecule has 1 fully saturated rings. The van der Waals surface area contributed by atoms with Crippen LogP contribution in [0.4, 0.5) is 26.3 Å². The maximum Gasteiger partial charge on any atom is 0.534 e. The number of carbonyl (C=O) groups excluding carboxylic acids is 1. The first-order valence-electron chi connectivity index (χ1n) is 11.4. The molecule has 1 amide bonds. The van der Waals surface area contributed by atoms with Crippen LogP contribution < -0.4 is 9.50 Å². The molecule has 214 valence electrons. The number of halogens is 8. The minimum Gasteiger partial charge on any atom is -0.374 e. The zero-order valence-corrected chi connectivity index (χ0v) is 22.3. The van der Waals surface area contributed by atoms with Crippen molar-refractivity contribution in [1.29, 1.82) is 0 Å². The molecule has 6 nitrogen and oxygen atoms in total. The van der Waals surface area contributed by atoms with Crippen LogP contribution in [-0.2, 0) is 16.3 Å². The third-order valence-corrected chi connectivity index (χ3v) is 7.73. The van der Waals surface area contributed by atoms with Crippen LogP contribution in [0.1, 0.15) is 46.8 Å². The van der Waals surface area contributed by atoms with Gasteiger partial charge >= 0.3 is 21.8 Å². The molecule has 15 heteroatoms. The van der Waals surface area contributed by atoms with Gasteiger partial charge in [0, 0.05) is 12.6 Å². The Hall–Kier alpha value is -2.48. The molecule has 3 rings (SSSR count). The fourth-order valence-electron chi connectivity index (χ4n) is 4.28. The van der Waals surface area contributed by atoms with Gasteiger partial charge in [-0.3, -0.25) is 9.69 Å². The maximum absolute atomic E-state index is 13.4. The fraction of sp³-hybridized carbons (Fsp3) is 0.375. The normalized spacial score (nSPS) is 17.9. The number of likely N-dealkylation sites (tertiary alicyclic amines) is 1. The SMILES string of the molecule is C=CCN1CCCCC1[C@@H](NC(=O)c1cccc(C(F)(F)F)c1Cl)c1ccc(Cl)c(OS(=O)(=O)C(F)(F)F)c1. The van der Waals surface area contributed by atoms with E-state index in [-0.39, 0.29) is 5.56 Å². The number of nitrogens with one attached hydrogen (secondary N) is 1. The quantitative estimate of drug-likeness (QED) is 0.153. The summed E-state index contributed by atoms with van der Waals surface area (Å²) in [5, 5.41) is 1.35. The molecule has 0 saturated carbocycles. The molecule has 1 saturated heterocycles. The lowest BCUT2D eigenvalue weighted by atomic mass is 9.90. The lowest BCUT2D eigenvalue weighted by molar-refractivity contribution is -0.137. The predicted molar refractivity (Wildman–Crippen MR) is 133 cm³/mol. The van der Waals surface area contributed by atoms with E-state index in [1.807, 2.05) is 4.90 Å². The van der Waals surface area contributed by atoms with Crippen molar-refractivity contribution < 1.29 is 43.7 Å². The third-order valence-electron chi connectivity index (χ3n) is 6.05. The van der Waals surface area contributed by atoms with Crippen LogP contribution in [0.25, 0.3) is 0 Å². The first-order chi connectivity index (χ1) is 18.1. The Morgan fingerprint density at radius 3 is 2.46 bits per heavy atom. The lowest BCUT2D eigenvalue weighted by Crippen LogP contribution is -2.48. The van der Waals surface area contributed by atoms with E-state index in [0.717, 1.165) is 30.7 Å². The minimum atomic E-state index is -6.07. The van der Waals surface area contributed by atoms with Crippen molar-refractivity contribution in [1.82, 2.24) is 10.2 Å². The minimum absolute atomic E-state index is 0.101. The molecule has 1 aliphatic rings. The van der Waals surface area contributed by atoms with Crippen LogP contribution in [0.15, 0.2) is 49.1 Å². The maximum atomic E-state index is 13.4. The van der Waals surface area contributed by atoms with E-state index < -0.39 is 66.7 Å². The van der Waals surface area contributed by atoms with Crippen molar-refractivity contribution in [3.05, 3.63) is 75.8 Å². The summed E-state index contributed by atoms with van der Waals surface area (Å²) < 4.78 is 106. The van der Waals surface area contributed by atoms with E-state index in [1.54, 1.807) is 6.08 Å². The summed E-state index contributed by atoms with van der Waals surface area (Å²) in [6.45, 7) is 4.62. The molecule has 2 aromatic carbocycles. The Bertz CT molecular complexity index is 1330. The highest BCUT2D eigenvalue weighted by atomic mass is 35.5. The van der Waals surface area contributed by atoms with Gasteiger partial charge in [0.25, 0.3) is 5.91 Å². The molecular weight excluding hydrogens is 597 g/mol. The van der Waals surface area contributed by atoms with Gasteiger partial charge in [-0.2, -0.15) is 34.8 Å². The number of benzene rings is 2. The van der Waals surface area contributed by atoms with Gasteiger partial charge < -0.3 is 9.50 Å². The molecule has 0 aromatic heterocycles. The fourth-order valence-corrected chi connectivity index (χ4v) is 5.27. The van der Waals surface area contributed by atoms with Gasteiger partial charge in [-0.1, -0.05) is 47.8 Å². The molecule has 1 unspecified atom stereocenters. The molecule has 2 atom stereocenters. The van der Waals surface area contributed by atoms with Crippen LogP contribution >= 0.6 is 23.2 Å². The van der Waals surface area contributed by atoms with Crippen molar-refractivity contribution in [2.24, 2.45) is 0 Å².